The molecule has 2 rings (SSSR count). The van der Waals surface area contributed by atoms with Gasteiger partial charge in [-0.25, -0.2) is 5.43 Å². The first-order chi connectivity index (χ1) is 14.5. The van der Waals surface area contributed by atoms with Gasteiger partial charge in [0, 0.05) is 6.21 Å². The van der Waals surface area contributed by atoms with Crippen molar-refractivity contribution in [3.8, 4) is 5.75 Å². The number of carbonyl (C=O) groups excluding carboxylic acids is 2. The number of nitrogens with zero attached hydrogens (tertiary/aromatic N) is 1. The average molecular weight is 408 g/mol. The maximum absolute atomic E-state index is 12.5. The fourth-order valence-electron chi connectivity index (χ4n) is 2.74. The van der Waals surface area contributed by atoms with Gasteiger partial charge < -0.3 is 10.1 Å². The van der Waals surface area contributed by atoms with Gasteiger partial charge in [0.25, 0.3) is 11.8 Å². The van der Waals surface area contributed by atoms with Gasteiger partial charge in [-0.1, -0.05) is 68.5 Å². The summed E-state index contributed by atoms with van der Waals surface area (Å²) in [6, 6.07) is 16.5. The highest BCUT2D eigenvalue weighted by Crippen LogP contribution is 2.15. The van der Waals surface area contributed by atoms with E-state index in [4.69, 9.17) is 4.74 Å². The van der Waals surface area contributed by atoms with E-state index in [2.05, 4.69) is 15.8 Å². The van der Waals surface area contributed by atoms with Crippen LogP contribution >= 0.6 is 0 Å². The first-order valence-electron chi connectivity index (χ1n) is 9.98. The number of allylic oxidation sites excluding steroid dienone is 1. The molecule has 2 N–H and O–H groups in total. The Hall–Kier alpha value is -3.41. The minimum atomic E-state index is -0.687. The zero-order valence-electron chi connectivity index (χ0n) is 17.7. The van der Waals surface area contributed by atoms with Crippen molar-refractivity contribution in [2.45, 2.75) is 33.2 Å². The predicted octanol–water partition coefficient (Wildman–Crippen LogP) is 3.72. The number of hydrogen-bond donors (Lipinski definition) is 2. The van der Waals surface area contributed by atoms with Crippen LogP contribution in [0.3, 0.4) is 0 Å². The maximum Gasteiger partial charge on any atom is 0.262 e. The van der Waals surface area contributed by atoms with Crippen LogP contribution in [-0.4, -0.2) is 30.7 Å². The largest absolute Gasteiger partial charge is 0.484 e. The van der Waals surface area contributed by atoms with Crippen LogP contribution in [0.25, 0.3) is 6.08 Å². The highest BCUT2D eigenvalue weighted by molar-refractivity contribution is 5.89. The number of nitrogens with one attached hydrogen (secondary N) is 2. The molecule has 0 saturated heterocycles. The molecule has 2 amide bonds. The van der Waals surface area contributed by atoms with Crippen LogP contribution in [0.1, 0.15) is 31.4 Å². The SMILES string of the molecule is Cc1ccccc1OCC(=O)N[C@@H](CC(C)C)C(=O)N/N=C\C=C\c1ccccc1. The Bertz CT molecular complexity index is 876. The first kappa shape index (κ1) is 22.9. The smallest absolute Gasteiger partial charge is 0.262 e. The van der Waals surface area contributed by atoms with Crippen molar-refractivity contribution in [3.05, 3.63) is 71.8 Å². The van der Waals surface area contributed by atoms with E-state index < -0.39 is 6.04 Å². The maximum atomic E-state index is 12.5. The van der Waals surface area contributed by atoms with Gasteiger partial charge in [0.05, 0.1) is 0 Å². The molecule has 0 spiro atoms. The second-order valence-electron chi connectivity index (χ2n) is 7.33. The van der Waals surface area contributed by atoms with Crippen molar-refractivity contribution >= 4 is 24.1 Å². The van der Waals surface area contributed by atoms with Crippen LogP contribution in [0, 0.1) is 12.8 Å². The fraction of sp³-hybridized carbons (Fsp3) is 0.292. The van der Waals surface area contributed by atoms with Gasteiger partial charge in [-0.3, -0.25) is 9.59 Å². The van der Waals surface area contributed by atoms with Gasteiger partial charge >= 0.3 is 0 Å². The summed E-state index contributed by atoms with van der Waals surface area (Å²) in [5.74, 6) is 0.150. The van der Waals surface area contributed by atoms with E-state index in [-0.39, 0.29) is 24.3 Å². The van der Waals surface area contributed by atoms with Crippen LogP contribution in [0.2, 0.25) is 0 Å². The molecule has 2 aromatic carbocycles. The van der Waals surface area contributed by atoms with Gasteiger partial charge in [0.2, 0.25) is 0 Å². The molecule has 30 heavy (non-hydrogen) atoms. The summed E-state index contributed by atoms with van der Waals surface area (Å²) in [5, 5.41) is 6.67. The molecule has 0 aliphatic carbocycles. The molecule has 0 aliphatic heterocycles. The van der Waals surface area contributed by atoms with Gasteiger partial charge in [-0.15, -0.1) is 0 Å². The Kier molecular flexibility index (Phi) is 9.31. The lowest BCUT2D eigenvalue weighted by Gasteiger charge is -2.19. The Morgan fingerprint density at radius 2 is 1.77 bits per heavy atom. The Labute approximate surface area is 178 Å². The van der Waals surface area contributed by atoms with Gasteiger partial charge in [0.15, 0.2) is 6.61 Å². The van der Waals surface area contributed by atoms with Crippen LogP contribution < -0.4 is 15.5 Å². The van der Waals surface area contributed by atoms with E-state index in [1.165, 1.54) is 6.21 Å². The summed E-state index contributed by atoms with van der Waals surface area (Å²) in [6.07, 6.45) is 5.62. The van der Waals surface area contributed by atoms with Crippen LogP contribution in [0.15, 0.2) is 65.8 Å². The number of amides is 2. The molecule has 0 aromatic heterocycles. The van der Waals surface area contributed by atoms with E-state index in [0.717, 1.165) is 11.1 Å². The Morgan fingerprint density at radius 1 is 1.07 bits per heavy atom. The van der Waals surface area contributed by atoms with Gasteiger partial charge in [0.1, 0.15) is 11.8 Å². The lowest BCUT2D eigenvalue weighted by Crippen LogP contribution is -2.47. The molecule has 0 heterocycles. The van der Waals surface area contributed by atoms with E-state index in [1.54, 1.807) is 12.1 Å². The highest BCUT2D eigenvalue weighted by Gasteiger charge is 2.22. The van der Waals surface area contributed by atoms with Crippen molar-refractivity contribution in [1.29, 1.82) is 0 Å². The molecule has 6 nitrogen and oxygen atoms in total. The summed E-state index contributed by atoms with van der Waals surface area (Å²) in [6.45, 7) is 5.73. The number of hydrazone groups is 1. The molecule has 0 bridgehead atoms. The third-order valence-electron chi connectivity index (χ3n) is 4.23. The third-order valence-corrected chi connectivity index (χ3v) is 4.23. The number of ether oxygens (including phenoxy) is 1. The van der Waals surface area contributed by atoms with E-state index in [9.17, 15) is 9.59 Å². The summed E-state index contributed by atoms with van der Waals surface area (Å²) < 4.78 is 5.56. The molecule has 0 fully saturated rings. The summed E-state index contributed by atoms with van der Waals surface area (Å²) in [4.78, 5) is 24.8. The molecule has 6 heteroatoms. The second-order valence-corrected chi connectivity index (χ2v) is 7.33. The van der Waals surface area contributed by atoms with Gasteiger partial charge in [-0.2, -0.15) is 5.10 Å². The van der Waals surface area contributed by atoms with Crippen molar-refractivity contribution < 1.29 is 14.3 Å². The monoisotopic (exact) mass is 407 g/mol. The Balaban J connectivity index is 1.86. The molecule has 0 saturated carbocycles. The number of para-hydroxylation sites is 1. The van der Waals surface area contributed by atoms with E-state index in [0.29, 0.717) is 12.2 Å². The first-order valence-corrected chi connectivity index (χ1v) is 9.98. The van der Waals surface area contributed by atoms with Crippen molar-refractivity contribution in [1.82, 2.24) is 10.7 Å². The van der Waals surface area contributed by atoms with Crippen molar-refractivity contribution in [3.63, 3.8) is 0 Å². The number of hydrogen-bond acceptors (Lipinski definition) is 4. The topological polar surface area (TPSA) is 79.8 Å². The molecular formula is C24H29N3O3. The molecule has 0 unspecified atom stereocenters. The van der Waals surface area contributed by atoms with E-state index >= 15 is 0 Å². The lowest BCUT2D eigenvalue weighted by molar-refractivity contribution is -0.130. The van der Waals surface area contributed by atoms with Crippen LogP contribution in [0.5, 0.6) is 5.75 Å². The molecule has 0 radical (unpaired) electrons. The Morgan fingerprint density at radius 3 is 2.47 bits per heavy atom. The zero-order chi connectivity index (χ0) is 21.8. The minimum absolute atomic E-state index is 0.157. The lowest BCUT2D eigenvalue weighted by atomic mass is 10.0. The molecule has 1 atom stereocenters. The molecule has 2 aromatic rings. The number of benzene rings is 2. The molecular weight excluding hydrogens is 378 g/mol. The number of aryl methyl sites for hydroxylation is 1. The zero-order valence-corrected chi connectivity index (χ0v) is 17.7. The number of carbonyl (C=O) groups is 2. The van der Waals surface area contributed by atoms with Crippen LogP contribution in [0.4, 0.5) is 0 Å². The highest BCUT2D eigenvalue weighted by atomic mass is 16.5. The predicted molar refractivity (Wildman–Crippen MR) is 120 cm³/mol. The normalized spacial score (nSPS) is 12.3. The standard InChI is InChI=1S/C24H29N3O3/c1-18(2)16-21(26-23(28)17-30-22-14-8-7-10-19(22)3)24(29)27-25-15-9-13-20-11-5-4-6-12-20/h4-15,18,21H,16-17H2,1-3H3,(H,26,28)(H,27,29)/b13-9+,25-15-/t21-/m0/s1. The summed E-state index contributed by atoms with van der Waals surface area (Å²) in [5.41, 5.74) is 4.47. The second kappa shape index (κ2) is 12.2. The molecule has 0 aliphatic rings. The van der Waals surface area contributed by atoms with Crippen molar-refractivity contribution in [2.24, 2.45) is 11.0 Å². The van der Waals surface area contributed by atoms with Crippen LogP contribution in [-0.2, 0) is 9.59 Å². The summed E-state index contributed by atoms with van der Waals surface area (Å²) >= 11 is 0. The quantitative estimate of drug-likeness (QED) is 0.465. The minimum Gasteiger partial charge on any atom is -0.484 e. The summed E-state index contributed by atoms with van der Waals surface area (Å²) in [7, 11) is 0. The van der Waals surface area contributed by atoms with E-state index in [1.807, 2.05) is 75.4 Å². The van der Waals surface area contributed by atoms with Crippen molar-refractivity contribution in [2.75, 3.05) is 6.61 Å². The number of rotatable bonds is 10. The van der Waals surface area contributed by atoms with Gasteiger partial charge in [-0.05, 0) is 42.5 Å². The molecule has 158 valence electrons. The fourth-order valence-corrected chi connectivity index (χ4v) is 2.74. The average Bonchev–Trinajstić information content (AvgIpc) is 2.72. The third kappa shape index (κ3) is 8.31.